The van der Waals surface area contributed by atoms with Gasteiger partial charge in [-0.2, -0.15) is 0 Å². The normalized spacial score (nSPS) is 10.7. The molecule has 5 nitrogen and oxygen atoms in total. The van der Waals surface area contributed by atoms with Gasteiger partial charge in [0.05, 0.1) is 17.1 Å². The molecule has 0 N–H and O–H groups in total. The number of hydrogen-bond donors (Lipinski definition) is 0. The number of aromatic nitrogens is 1. The van der Waals surface area contributed by atoms with E-state index in [1.807, 2.05) is 37.3 Å². The molecule has 5 heteroatoms. The van der Waals surface area contributed by atoms with Crippen molar-refractivity contribution < 1.29 is 9.66 Å². The highest BCUT2D eigenvalue weighted by atomic mass is 16.6. The first-order chi connectivity index (χ1) is 9.70. The van der Waals surface area contributed by atoms with Crippen LogP contribution in [0.1, 0.15) is 18.1 Å². The van der Waals surface area contributed by atoms with Crippen LogP contribution in [-0.2, 0) is 0 Å². The quantitative estimate of drug-likeness (QED) is 0.615. The molecule has 0 saturated heterocycles. The summed E-state index contributed by atoms with van der Waals surface area (Å²) in [5, 5.41) is 10.9. The van der Waals surface area contributed by atoms with Crippen molar-refractivity contribution in [3.05, 3.63) is 64.0 Å². The van der Waals surface area contributed by atoms with Crippen molar-refractivity contribution in [3.63, 3.8) is 0 Å². The molecule has 0 bridgehead atoms. The van der Waals surface area contributed by atoms with Gasteiger partial charge in [-0.1, -0.05) is 18.2 Å². The van der Waals surface area contributed by atoms with Crippen LogP contribution in [0.5, 0.6) is 5.75 Å². The molecule has 2 aromatic rings. The monoisotopic (exact) mass is 270 g/mol. The number of hydrogen-bond acceptors (Lipinski definition) is 4. The molecule has 0 radical (unpaired) electrons. The second-order valence-electron chi connectivity index (χ2n) is 4.03. The van der Waals surface area contributed by atoms with Crippen molar-refractivity contribution in [1.82, 2.24) is 4.98 Å². The minimum atomic E-state index is -0.440. The molecule has 1 heterocycles. The van der Waals surface area contributed by atoms with Gasteiger partial charge in [-0.15, -0.1) is 0 Å². The smallest absolute Gasteiger partial charge is 0.294 e. The Bertz CT molecular complexity index is 621. The fourth-order valence-corrected chi connectivity index (χ4v) is 1.72. The molecular formula is C15H14N2O3. The minimum Gasteiger partial charge on any atom is -0.494 e. The van der Waals surface area contributed by atoms with E-state index in [4.69, 9.17) is 4.74 Å². The molecule has 0 amide bonds. The Morgan fingerprint density at radius 3 is 2.65 bits per heavy atom. The highest BCUT2D eigenvalue weighted by molar-refractivity contribution is 5.73. The largest absolute Gasteiger partial charge is 0.494 e. The Morgan fingerprint density at radius 1 is 1.25 bits per heavy atom. The lowest BCUT2D eigenvalue weighted by atomic mass is 10.1. The number of nitro groups is 1. The lowest BCUT2D eigenvalue weighted by molar-refractivity contribution is -0.385. The van der Waals surface area contributed by atoms with E-state index in [2.05, 4.69) is 4.98 Å². The van der Waals surface area contributed by atoms with Gasteiger partial charge in [-0.25, -0.2) is 0 Å². The van der Waals surface area contributed by atoms with Crippen LogP contribution >= 0.6 is 0 Å². The van der Waals surface area contributed by atoms with Crippen molar-refractivity contribution >= 4 is 17.8 Å². The molecule has 102 valence electrons. The molecule has 0 aliphatic carbocycles. The Labute approximate surface area is 116 Å². The topological polar surface area (TPSA) is 65.3 Å². The van der Waals surface area contributed by atoms with E-state index < -0.39 is 4.92 Å². The summed E-state index contributed by atoms with van der Waals surface area (Å²) in [4.78, 5) is 14.2. The van der Waals surface area contributed by atoms with Gasteiger partial charge in [0.15, 0.2) is 0 Å². The molecule has 0 atom stereocenters. The first kappa shape index (κ1) is 13.7. The number of benzene rings is 1. The van der Waals surface area contributed by atoms with E-state index in [1.165, 1.54) is 12.4 Å². The van der Waals surface area contributed by atoms with Crippen molar-refractivity contribution in [2.75, 3.05) is 6.61 Å². The molecule has 1 aromatic carbocycles. The second kappa shape index (κ2) is 6.47. The van der Waals surface area contributed by atoms with Crippen molar-refractivity contribution in [1.29, 1.82) is 0 Å². The molecule has 0 aliphatic rings. The van der Waals surface area contributed by atoms with Crippen LogP contribution in [0.4, 0.5) is 5.69 Å². The van der Waals surface area contributed by atoms with Crippen molar-refractivity contribution in [2.45, 2.75) is 6.92 Å². The van der Waals surface area contributed by atoms with Crippen LogP contribution < -0.4 is 4.74 Å². The number of rotatable bonds is 5. The van der Waals surface area contributed by atoms with Gasteiger partial charge < -0.3 is 4.74 Å². The van der Waals surface area contributed by atoms with Gasteiger partial charge in [-0.05, 0) is 36.8 Å². The summed E-state index contributed by atoms with van der Waals surface area (Å²) >= 11 is 0. The van der Waals surface area contributed by atoms with Gasteiger partial charge in [-0.3, -0.25) is 15.1 Å². The minimum absolute atomic E-state index is 0.00492. The maximum atomic E-state index is 10.9. The fraction of sp³-hybridized carbons (Fsp3) is 0.133. The van der Waals surface area contributed by atoms with Gasteiger partial charge in [0.25, 0.3) is 5.69 Å². The molecule has 0 spiro atoms. The number of ether oxygens (including phenoxy) is 1. The van der Waals surface area contributed by atoms with E-state index in [1.54, 1.807) is 12.1 Å². The van der Waals surface area contributed by atoms with E-state index in [9.17, 15) is 10.1 Å². The summed E-state index contributed by atoms with van der Waals surface area (Å²) in [6.45, 7) is 2.55. The zero-order chi connectivity index (χ0) is 14.4. The first-order valence-electron chi connectivity index (χ1n) is 6.20. The summed E-state index contributed by atoms with van der Waals surface area (Å²) in [5.74, 6) is 0.805. The molecule has 2 rings (SSSR count). The maximum Gasteiger partial charge on any atom is 0.294 e. The van der Waals surface area contributed by atoms with E-state index in [-0.39, 0.29) is 5.69 Å². The standard InChI is InChI=1S/C15H14N2O3/c1-2-20-14-7-4-12(5-8-14)3-6-13-9-10-16-11-15(13)17(18)19/h3-11H,2H2,1H3/b6-3+. The van der Waals surface area contributed by atoms with Crippen LogP contribution in [0.15, 0.2) is 42.7 Å². The zero-order valence-corrected chi connectivity index (χ0v) is 11.0. The summed E-state index contributed by atoms with van der Waals surface area (Å²) in [6.07, 6.45) is 6.30. The molecule has 0 saturated carbocycles. The maximum absolute atomic E-state index is 10.9. The van der Waals surface area contributed by atoms with E-state index in [0.717, 1.165) is 11.3 Å². The van der Waals surface area contributed by atoms with Gasteiger partial charge in [0.1, 0.15) is 11.9 Å². The molecule has 0 fully saturated rings. The third kappa shape index (κ3) is 3.41. The van der Waals surface area contributed by atoms with E-state index in [0.29, 0.717) is 12.2 Å². The second-order valence-corrected chi connectivity index (χ2v) is 4.03. The van der Waals surface area contributed by atoms with Crippen LogP contribution in [0, 0.1) is 10.1 Å². The van der Waals surface area contributed by atoms with Gasteiger partial charge in [0.2, 0.25) is 0 Å². The van der Waals surface area contributed by atoms with Crippen molar-refractivity contribution in [2.24, 2.45) is 0 Å². The Balaban J connectivity index is 2.19. The molecule has 0 aliphatic heterocycles. The average Bonchev–Trinajstić information content (AvgIpc) is 2.47. The lowest BCUT2D eigenvalue weighted by Gasteiger charge is -2.02. The van der Waals surface area contributed by atoms with Crippen LogP contribution in [0.2, 0.25) is 0 Å². The third-order valence-electron chi connectivity index (χ3n) is 2.68. The highest BCUT2D eigenvalue weighted by Gasteiger charge is 2.10. The highest BCUT2D eigenvalue weighted by Crippen LogP contribution is 2.20. The van der Waals surface area contributed by atoms with E-state index >= 15 is 0 Å². The summed E-state index contributed by atoms with van der Waals surface area (Å²) in [7, 11) is 0. The summed E-state index contributed by atoms with van der Waals surface area (Å²) in [5.41, 5.74) is 1.47. The molecule has 20 heavy (non-hydrogen) atoms. The third-order valence-corrected chi connectivity index (χ3v) is 2.68. The summed E-state index contributed by atoms with van der Waals surface area (Å²) in [6, 6.07) is 9.14. The van der Waals surface area contributed by atoms with Crippen molar-refractivity contribution in [3.8, 4) is 5.75 Å². The molecule has 0 unspecified atom stereocenters. The fourth-order valence-electron chi connectivity index (χ4n) is 1.72. The Kier molecular flexibility index (Phi) is 4.44. The van der Waals surface area contributed by atoms with Crippen LogP contribution in [0.3, 0.4) is 0 Å². The Morgan fingerprint density at radius 2 is 2.00 bits per heavy atom. The van der Waals surface area contributed by atoms with Gasteiger partial charge in [0, 0.05) is 6.20 Å². The first-order valence-corrected chi connectivity index (χ1v) is 6.20. The van der Waals surface area contributed by atoms with Crippen LogP contribution in [-0.4, -0.2) is 16.5 Å². The van der Waals surface area contributed by atoms with Crippen LogP contribution in [0.25, 0.3) is 12.2 Å². The zero-order valence-electron chi connectivity index (χ0n) is 11.0. The molecule has 1 aromatic heterocycles. The van der Waals surface area contributed by atoms with Gasteiger partial charge >= 0.3 is 0 Å². The average molecular weight is 270 g/mol. The SMILES string of the molecule is CCOc1ccc(/C=C/c2ccncc2[N+](=O)[O-])cc1. The predicted octanol–water partition coefficient (Wildman–Crippen LogP) is 3.56. The number of nitrogens with zero attached hydrogens (tertiary/aromatic N) is 2. The molecular weight excluding hydrogens is 256 g/mol. The Hall–Kier alpha value is -2.69. The lowest BCUT2D eigenvalue weighted by Crippen LogP contribution is -1.92. The summed E-state index contributed by atoms with van der Waals surface area (Å²) < 4.78 is 5.35. The number of pyridine rings is 1. The predicted molar refractivity (Wildman–Crippen MR) is 77.4 cm³/mol.